The molecule has 140 valence electrons. The maximum absolute atomic E-state index is 12.7. The highest BCUT2D eigenvalue weighted by atomic mass is 35.5. The van der Waals surface area contributed by atoms with Crippen molar-refractivity contribution in [1.82, 2.24) is 10.3 Å². The molecular formula is C20H19ClN2O2S2. The average Bonchev–Trinajstić information content (AvgIpc) is 3.02. The van der Waals surface area contributed by atoms with E-state index >= 15 is 0 Å². The van der Waals surface area contributed by atoms with Gasteiger partial charge in [-0.1, -0.05) is 47.6 Å². The molecule has 0 bridgehead atoms. The molecule has 0 spiro atoms. The molecule has 0 saturated carbocycles. The Bertz CT molecular complexity index is 970. The lowest BCUT2D eigenvalue weighted by Gasteiger charge is -2.09. The molecule has 1 aromatic heterocycles. The summed E-state index contributed by atoms with van der Waals surface area (Å²) in [5.74, 6) is 0.0375. The van der Waals surface area contributed by atoms with Gasteiger partial charge in [0, 0.05) is 24.1 Å². The van der Waals surface area contributed by atoms with Gasteiger partial charge >= 0.3 is 0 Å². The zero-order valence-corrected chi connectivity index (χ0v) is 17.4. The molecule has 1 N–H and O–H groups in total. The van der Waals surface area contributed by atoms with Crippen LogP contribution in [-0.4, -0.2) is 28.5 Å². The Kier molecular flexibility index (Phi) is 6.52. The second-order valence-corrected chi connectivity index (χ2v) is 9.20. The van der Waals surface area contributed by atoms with Crippen LogP contribution >= 0.6 is 34.7 Å². The number of Topliss-reactive ketones (excluding diaryl/α,β-unsaturated/α-hetero) is 1. The quantitative estimate of drug-likeness (QED) is 0.433. The number of ketones is 1. The monoisotopic (exact) mass is 418 g/mol. The largest absolute Gasteiger partial charge is 0.356 e. The van der Waals surface area contributed by atoms with Crippen LogP contribution < -0.4 is 5.32 Å². The van der Waals surface area contributed by atoms with E-state index in [-0.39, 0.29) is 16.9 Å². The van der Waals surface area contributed by atoms with Crippen molar-refractivity contribution in [2.24, 2.45) is 0 Å². The number of hydrogen-bond acceptors (Lipinski definition) is 5. The first kappa shape index (κ1) is 19.9. The van der Waals surface area contributed by atoms with Crippen molar-refractivity contribution in [2.75, 3.05) is 6.54 Å². The standard InChI is InChI=1S/C20H19ClN2O2S2/c1-12(26-20-23-17-11-16(21)7-8-18(17)27-20)19(25)15-5-3-14(4-6-15)9-10-22-13(2)24/h3-8,11-12H,9-10H2,1-2H3,(H,22,24). The van der Waals surface area contributed by atoms with E-state index in [0.29, 0.717) is 17.1 Å². The topological polar surface area (TPSA) is 59.1 Å². The first-order valence-electron chi connectivity index (χ1n) is 8.53. The summed E-state index contributed by atoms with van der Waals surface area (Å²) in [6, 6.07) is 13.2. The molecule has 1 atom stereocenters. The van der Waals surface area contributed by atoms with Gasteiger partial charge in [0.2, 0.25) is 5.91 Å². The van der Waals surface area contributed by atoms with Crippen LogP contribution in [0.15, 0.2) is 46.8 Å². The number of benzene rings is 2. The molecule has 4 nitrogen and oxygen atoms in total. The van der Waals surface area contributed by atoms with E-state index in [1.165, 1.54) is 18.7 Å². The number of carbonyl (C=O) groups excluding carboxylic acids is 2. The first-order valence-corrected chi connectivity index (χ1v) is 10.6. The minimum absolute atomic E-state index is 0.0373. The number of hydrogen-bond donors (Lipinski definition) is 1. The van der Waals surface area contributed by atoms with E-state index in [0.717, 1.165) is 26.5 Å². The second kappa shape index (κ2) is 8.87. The van der Waals surface area contributed by atoms with Crippen LogP contribution in [0.3, 0.4) is 0 Å². The number of aromatic nitrogens is 1. The van der Waals surface area contributed by atoms with Crippen molar-refractivity contribution < 1.29 is 9.59 Å². The fourth-order valence-corrected chi connectivity index (χ4v) is 5.02. The molecule has 7 heteroatoms. The smallest absolute Gasteiger partial charge is 0.216 e. The predicted molar refractivity (Wildman–Crippen MR) is 113 cm³/mol. The summed E-state index contributed by atoms with van der Waals surface area (Å²) in [5.41, 5.74) is 2.63. The van der Waals surface area contributed by atoms with E-state index in [9.17, 15) is 9.59 Å². The summed E-state index contributed by atoms with van der Waals surface area (Å²) < 4.78 is 1.92. The summed E-state index contributed by atoms with van der Waals surface area (Å²) in [4.78, 5) is 28.2. The average molecular weight is 419 g/mol. The fourth-order valence-electron chi connectivity index (χ4n) is 2.59. The molecule has 3 aromatic rings. The molecule has 1 unspecified atom stereocenters. The third kappa shape index (κ3) is 5.31. The van der Waals surface area contributed by atoms with Crippen LogP contribution in [-0.2, 0) is 11.2 Å². The Morgan fingerprint density at radius 2 is 1.96 bits per heavy atom. The number of rotatable bonds is 7. The van der Waals surface area contributed by atoms with Crippen LogP contribution in [0.4, 0.5) is 0 Å². The van der Waals surface area contributed by atoms with Gasteiger partial charge in [0.15, 0.2) is 10.1 Å². The lowest BCUT2D eigenvalue weighted by Crippen LogP contribution is -2.22. The first-order chi connectivity index (χ1) is 12.9. The zero-order valence-electron chi connectivity index (χ0n) is 15.0. The van der Waals surface area contributed by atoms with Crippen molar-refractivity contribution in [2.45, 2.75) is 29.9 Å². The van der Waals surface area contributed by atoms with Gasteiger partial charge in [0.25, 0.3) is 0 Å². The highest BCUT2D eigenvalue weighted by molar-refractivity contribution is 8.02. The van der Waals surface area contributed by atoms with E-state index < -0.39 is 0 Å². The Morgan fingerprint density at radius 1 is 1.22 bits per heavy atom. The van der Waals surface area contributed by atoms with Crippen LogP contribution in [0.1, 0.15) is 29.8 Å². The van der Waals surface area contributed by atoms with Crippen LogP contribution in [0.25, 0.3) is 10.2 Å². The Labute approximate surface area is 171 Å². The lowest BCUT2D eigenvalue weighted by atomic mass is 10.0. The van der Waals surface area contributed by atoms with Gasteiger partial charge < -0.3 is 5.32 Å². The predicted octanol–water partition coefficient (Wildman–Crippen LogP) is 4.99. The Hall–Kier alpha value is -1.89. The van der Waals surface area contributed by atoms with Crippen molar-refractivity contribution in [1.29, 1.82) is 0 Å². The SMILES string of the molecule is CC(=O)NCCc1ccc(C(=O)C(C)Sc2nc3cc(Cl)ccc3s2)cc1. The molecule has 1 amide bonds. The van der Waals surface area contributed by atoms with Gasteiger partial charge in [-0.2, -0.15) is 0 Å². The van der Waals surface area contributed by atoms with E-state index in [1.54, 1.807) is 11.3 Å². The third-order valence-corrected chi connectivity index (χ3v) is 6.47. The summed E-state index contributed by atoms with van der Waals surface area (Å²) in [6.45, 7) is 3.99. The summed E-state index contributed by atoms with van der Waals surface area (Å²) >= 11 is 9.04. The van der Waals surface area contributed by atoms with Crippen molar-refractivity contribution in [3.63, 3.8) is 0 Å². The van der Waals surface area contributed by atoms with Gasteiger partial charge in [0.05, 0.1) is 15.5 Å². The normalized spacial score (nSPS) is 12.1. The molecule has 27 heavy (non-hydrogen) atoms. The molecule has 0 aliphatic heterocycles. The fraction of sp³-hybridized carbons (Fsp3) is 0.250. The van der Waals surface area contributed by atoms with Crippen LogP contribution in [0, 0.1) is 0 Å². The number of nitrogens with one attached hydrogen (secondary N) is 1. The summed E-state index contributed by atoms with van der Waals surface area (Å²) in [7, 11) is 0. The number of halogens is 1. The van der Waals surface area contributed by atoms with Crippen molar-refractivity contribution in [3.05, 3.63) is 58.6 Å². The molecule has 0 saturated heterocycles. The van der Waals surface area contributed by atoms with Crippen molar-refractivity contribution in [3.8, 4) is 0 Å². The highest BCUT2D eigenvalue weighted by Crippen LogP contribution is 2.34. The van der Waals surface area contributed by atoms with E-state index in [2.05, 4.69) is 10.3 Å². The molecular weight excluding hydrogens is 400 g/mol. The van der Waals surface area contributed by atoms with Gasteiger partial charge in [-0.3, -0.25) is 9.59 Å². The van der Waals surface area contributed by atoms with Gasteiger partial charge in [-0.15, -0.1) is 11.3 Å². The Balaban J connectivity index is 1.62. The Morgan fingerprint density at radius 3 is 2.67 bits per heavy atom. The van der Waals surface area contributed by atoms with Crippen molar-refractivity contribution >= 4 is 56.6 Å². The molecule has 0 fully saturated rings. The number of amides is 1. The number of thiazole rings is 1. The minimum Gasteiger partial charge on any atom is -0.356 e. The van der Waals surface area contributed by atoms with Crippen LogP contribution in [0.2, 0.25) is 5.02 Å². The zero-order chi connectivity index (χ0) is 19.4. The van der Waals surface area contributed by atoms with E-state index in [4.69, 9.17) is 11.6 Å². The molecule has 1 heterocycles. The van der Waals surface area contributed by atoms with Gasteiger partial charge in [-0.05, 0) is 37.1 Å². The molecule has 2 aromatic carbocycles. The minimum atomic E-state index is -0.230. The molecule has 3 rings (SSSR count). The summed E-state index contributed by atoms with van der Waals surface area (Å²) in [5, 5.41) is 3.20. The number of fused-ring (bicyclic) bond motifs is 1. The van der Waals surface area contributed by atoms with E-state index in [1.807, 2.05) is 49.4 Å². The highest BCUT2D eigenvalue weighted by Gasteiger charge is 2.18. The third-order valence-electron chi connectivity index (χ3n) is 4.00. The number of nitrogens with zero attached hydrogens (tertiary/aromatic N) is 1. The summed E-state index contributed by atoms with van der Waals surface area (Å²) in [6.07, 6.45) is 0.743. The molecule has 0 aliphatic rings. The second-order valence-electron chi connectivity index (χ2n) is 6.15. The maximum Gasteiger partial charge on any atom is 0.216 e. The van der Waals surface area contributed by atoms with Gasteiger partial charge in [0.1, 0.15) is 0 Å². The number of carbonyl (C=O) groups is 2. The molecule has 0 radical (unpaired) electrons. The number of thioether (sulfide) groups is 1. The molecule has 0 aliphatic carbocycles. The van der Waals surface area contributed by atoms with Crippen LogP contribution in [0.5, 0.6) is 0 Å². The van der Waals surface area contributed by atoms with Gasteiger partial charge in [-0.25, -0.2) is 4.98 Å². The lowest BCUT2D eigenvalue weighted by molar-refractivity contribution is -0.118. The maximum atomic E-state index is 12.7.